The molecule has 7 nitrogen and oxygen atoms in total. The number of anilines is 1. The minimum absolute atomic E-state index is 0.0888. The van der Waals surface area contributed by atoms with Crippen LogP contribution in [0.25, 0.3) is 10.7 Å². The topological polar surface area (TPSA) is 93.8 Å². The largest absolute Gasteiger partial charge is 0.339 e. The maximum atomic E-state index is 11.8. The number of hydrogen-bond acceptors (Lipinski definition) is 8. The Morgan fingerprint density at radius 2 is 2.32 bits per heavy atom. The van der Waals surface area contributed by atoms with Gasteiger partial charge in [-0.05, 0) is 24.8 Å². The Balaban J connectivity index is 1.46. The van der Waals surface area contributed by atoms with Crippen molar-refractivity contribution in [3.8, 4) is 10.7 Å². The highest BCUT2D eigenvalue weighted by Gasteiger charge is 2.11. The van der Waals surface area contributed by atoms with Crippen molar-refractivity contribution in [3.63, 3.8) is 0 Å². The minimum Gasteiger partial charge on any atom is -0.339 e. The summed E-state index contributed by atoms with van der Waals surface area (Å²) in [6.45, 7) is 1.84. The summed E-state index contributed by atoms with van der Waals surface area (Å²) in [7, 11) is 0. The average Bonchev–Trinajstić information content (AvgIpc) is 3.20. The number of thiophene rings is 1. The summed E-state index contributed by atoms with van der Waals surface area (Å²) < 4.78 is 5.19. The van der Waals surface area contributed by atoms with Gasteiger partial charge in [0.05, 0.1) is 4.88 Å². The van der Waals surface area contributed by atoms with Crippen LogP contribution in [0.2, 0.25) is 0 Å². The van der Waals surface area contributed by atoms with Crippen molar-refractivity contribution in [1.29, 1.82) is 0 Å². The van der Waals surface area contributed by atoms with E-state index in [9.17, 15) is 4.79 Å². The molecule has 3 aromatic rings. The quantitative estimate of drug-likeness (QED) is 0.744. The van der Waals surface area contributed by atoms with Crippen molar-refractivity contribution in [1.82, 2.24) is 20.3 Å². The third kappa shape index (κ3) is 3.74. The summed E-state index contributed by atoms with van der Waals surface area (Å²) in [4.78, 5) is 17.1. The summed E-state index contributed by atoms with van der Waals surface area (Å²) >= 11 is 2.91. The highest BCUT2D eigenvalue weighted by atomic mass is 32.1. The van der Waals surface area contributed by atoms with Gasteiger partial charge in [0.1, 0.15) is 5.01 Å². The Morgan fingerprint density at radius 1 is 1.41 bits per heavy atom. The molecule has 3 aromatic heterocycles. The summed E-state index contributed by atoms with van der Waals surface area (Å²) in [5.74, 6) is 1.05. The molecular formula is C13H13N5O2S2. The van der Waals surface area contributed by atoms with Crippen LogP contribution in [0.15, 0.2) is 22.0 Å². The standard InChI is InChI=1S/C13H13N5O2S2/c1-8-16-17-13(22-8)14-10(19)5-2-6-11-15-12(18-20-11)9-4-3-7-21-9/h3-4,7H,2,5-6H2,1H3,(H,14,17,19). The van der Waals surface area contributed by atoms with Crippen LogP contribution in [0.3, 0.4) is 0 Å². The fourth-order valence-corrected chi connectivity index (χ4v) is 3.05. The predicted molar refractivity (Wildman–Crippen MR) is 83.8 cm³/mol. The van der Waals surface area contributed by atoms with E-state index in [1.54, 1.807) is 11.3 Å². The van der Waals surface area contributed by atoms with Crippen LogP contribution in [0.5, 0.6) is 0 Å². The Bertz CT molecular complexity index is 750. The summed E-state index contributed by atoms with van der Waals surface area (Å²) in [5, 5.41) is 17.7. The minimum atomic E-state index is -0.0888. The lowest BCUT2D eigenvalue weighted by atomic mass is 10.2. The number of amides is 1. The lowest BCUT2D eigenvalue weighted by Gasteiger charge is -1.99. The van der Waals surface area contributed by atoms with Gasteiger partial charge in [-0.15, -0.1) is 21.5 Å². The van der Waals surface area contributed by atoms with Gasteiger partial charge in [-0.1, -0.05) is 22.6 Å². The molecule has 1 N–H and O–H groups in total. The number of hydrogen-bond donors (Lipinski definition) is 1. The molecule has 0 aliphatic rings. The molecule has 3 rings (SSSR count). The van der Waals surface area contributed by atoms with Crippen molar-refractivity contribution < 1.29 is 9.32 Å². The van der Waals surface area contributed by atoms with E-state index in [2.05, 4.69) is 25.7 Å². The highest BCUT2D eigenvalue weighted by molar-refractivity contribution is 7.15. The molecule has 9 heteroatoms. The van der Waals surface area contributed by atoms with E-state index in [-0.39, 0.29) is 5.91 Å². The first-order valence-electron chi connectivity index (χ1n) is 6.67. The Kier molecular flexibility index (Phi) is 4.54. The Morgan fingerprint density at radius 3 is 3.05 bits per heavy atom. The third-order valence-corrected chi connectivity index (χ3v) is 4.40. The molecule has 0 atom stereocenters. The fraction of sp³-hybridized carbons (Fsp3) is 0.308. The van der Waals surface area contributed by atoms with Gasteiger partial charge in [0.2, 0.25) is 22.8 Å². The molecule has 0 saturated heterocycles. The molecule has 0 saturated carbocycles. The van der Waals surface area contributed by atoms with Gasteiger partial charge >= 0.3 is 0 Å². The summed E-state index contributed by atoms with van der Waals surface area (Å²) in [5.41, 5.74) is 0. The lowest BCUT2D eigenvalue weighted by molar-refractivity contribution is -0.116. The van der Waals surface area contributed by atoms with Crippen LogP contribution in [-0.4, -0.2) is 26.2 Å². The molecule has 1 amide bonds. The van der Waals surface area contributed by atoms with E-state index >= 15 is 0 Å². The predicted octanol–water partition coefficient (Wildman–Crippen LogP) is 2.92. The SMILES string of the molecule is Cc1nnc(NC(=O)CCCc2nc(-c3cccs3)no2)s1. The molecule has 0 aliphatic heterocycles. The smallest absolute Gasteiger partial charge is 0.226 e. The van der Waals surface area contributed by atoms with Gasteiger partial charge < -0.3 is 9.84 Å². The Hall–Kier alpha value is -2.13. The summed E-state index contributed by atoms with van der Waals surface area (Å²) in [6, 6.07) is 3.88. The number of nitrogens with zero attached hydrogens (tertiary/aromatic N) is 4. The second-order valence-corrected chi connectivity index (χ2v) is 6.65. The van der Waals surface area contributed by atoms with Crippen LogP contribution in [-0.2, 0) is 11.2 Å². The highest BCUT2D eigenvalue weighted by Crippen LogP contribution is 2.21. The average molecular weight is 335 g/mol. The van der Waals surface area contributed by atoms with Gasteiger partial charge in [0.25, 0.3) is 0 Å². The fourth-order valence-electron chi connectivity index (χ4n) is 1.79. The van der Waals surface area contributed by atoms with Crippen LogP contribution in [0, 0.1) is 6.92 Å². The third-order valence-electron chi connectivity index (χ3n) is 2.78. The van der Waals surface area contributed by atoms with Crippen molar-refractivity contribution >= 4 is 33.7 Å². The van der Waals surface area contributed by atoms with Gasteiger partial charge in [-0.25, -0.2) is 0 Å². The molecule has 0 unspecified atom stereocenters. The van der Waals surface area contributed by atoms with Crippen LogP contribution in [0.1, 0.15) is 23.7 Å². The van der Waals surface area contributed by atoms with Crippen LogP contribution < -0.4 is 5.32 Å². The van der Waals surface area contributed by atoms with Gasteiger partial charge in [0.15, 0.2) is 0 Å². The maximum absolute atomic E-state index is 11.8. The van der Waals surface area contributed by atoms with E-state index in [0.29, 0.717) is 36.1 Å². The summed E-state index contributed by atoms with van der Waals surface area (Å²) in [6.07, 6.45) is 1.58. The number of aryl methyl sites for hydroxylation is 2. The van der Waals surface area contributed by atoms with Crippen molar-refractivity contribution in [2.45, 2.75) is 26.2 Å². The van der Waals surface area contributed by atoms with E-state index in [1.165, 1.54) is 11.3 Å². The zero-order chi connectivity index (χ0) is 15.4. The number of rotatable bonds is 6. The monoisotopic (exact) mass is 335 g/mol. The molecule has 0 radical (unpaired) electrons. The lowest BCUT2D eigenvalue weighted by Crippen LogP contribution is -2.11. The maximum Gasteiger partial charge on any atom is 0.226 e. The zero-order valence-corrected chi connectivity index (χ0v) is 13.4. The molecule has 0 bridgehead atoms. The van der Waals surface area contributed by atoms with E-state index < -0.39 is 0 Å². The number of nitrogens with one attached hydrogen (secondary N) is 1. The van der Waals surface area contributed by atoms with E-state index in [0.717, 1.165) is 9.88 Å². The van der Waals surface area contributed by atoms with E-state index in [1.807, 2.05) is 24.4 Å². The number of aromatic nitrogens is 4. The van der Waals surface area contributed by atoms with Crippen LogP contribution in [0.4, 0.5) is 5.13 Å². The molecule has 0 fully saturated rings. The molecule has 0 spiro atoms. The van der Waals surface area contributed by atoms with Crippen molar-refractivity contribution in [3.05, 3.63) is 28.4 Å². The van der Waals surface area contributed by atoms with Gasteiger partial charge in [-0.3, -0.25) is 4.79 Å². The first kappa shape index (κ1) is 14.8. The normalized spacial score (nSPS) is 10.8. The first-order chi connectivity index (χ1) is 10.7. The molecule has 3 heterocycles. The molecule has 22 heavy (non-hydrogen) atoms. The van der Waals surface area contributed by atoms with Gasteiger partial charge in [-0.2, -0.15) is 4.98 Å². The number of carbonyl (C=O) groups excluding carboxylic acids is 1. The zero-order valence-electron chi connectivity index (χ0n) is 11.8. The first-order valence-corrected chi connectivity index (χ1v) is 8.37. The molecule has 114 valence electrons. The second kappa shape index (κ2) is 6.75. The number of carbonyl (C=O) groups is 1. The van der Waals surface area contributed by atoms with Crippen molar-refractivity contribution in [2.24, 2.45) is 0 Å². The Labute approximate surface area is 134 Å². The van der Waals surface area contributed by atoms with Crippen LogP contribution >= 0.6 is 22.7 Å². The molecule has 0 aromatic carbocycles. The van der Waals surface area contributed by atoms with Crippen molar-refractivity contribution in [2.75, 3.05) is 5.32 Å². The molecular weight excluding hydrogens is 322 g/mol. The second-order valence-electron chi connectivity index (χ2n) is 4.52. The molecule has 0 aliphatic carbocycles. The van der Waals surface area contributed by atoms with E-state index in [4.69, 9.17) is 4.52 Å². The van der Waals surface area contributed by atoms with Gasteiger partial charge in [0, 0.05) is 12.8 Å².